The summed E-state index contributed by atoms with van der Waals surface area (Å²) in [5.41, 5.74) is 5.81. The summed E-state index contributed by atoms with van der Waals surface area (Å²) in [5.74, 6) is 1.96. The maximum absolute atomic E-state index is 12.1. The topological polar surface area (TPSA) is 63.4 Å². The molecule has 2 aliphatic rings. The molecule has 0 aromatic heterocycles. The molecular formula is C10H20N2O2S2. The summed E-state index contributed by atoms with van der Waals surface area (Å²) in [6, 6.07) is 0. The second-order valence-corrected chi connectivity index (χ2v) is 8.20. The van der Waals surface area contributed by atoms with Crippen molar-refractivity contribution in [2.24, 2.45) is 5.73 Å². The van der Waals surface area contributed by atoms with Gasteiger partial charge in [-0.2, -0.15) is 11.8 Å². The monoisotopic (exact) mass is 264 g/mol. The van der Waals surface area contributed by atoms with Gasteiger partial charge >= 0.3 is 0 Å². The van der Waals surface area contributed by atoms with E-state index in [2.05, 4.69) is 4.90 Å². The largest absolute Gasteiger partial charge is 0.329 e. The lowest BCUT2D eigenvalue weighted by molar-refractivity contribution is 0.177. The van der Waals surface area contributed by atoms with Crippen LogP contribution in [0.15, 0.2) is 0 Å². The number of hydrogen-bond donors (Lipinski definition) is 1. The van der Waals surface area contributed by atoms with Crippen molar-refractivity contribution in [2.45, 2.75) is 30.7 Å². The van der Waals surface area contributed by atoms with Gasteiger partial charge in [0, 0.05) is 35.9 Å². The first-order chi connectivity index (χ1) is 7.56. The Hall–Kier alpha value is 0.220. The lowest BCUT2D eigenvalue weighted by atomic mass is 10.2. The number of sulfone groups is 1. The van der Waals surface area contributed by atoms with E-state index in [1.807, 2.05) is 0 Å². The number of thioether (sulfide) groups is 1. The molecule has 0 aromatic carbocycles. The van der Waals surface area contributed by atoms with Gasteiger partial charge in [0.2, 0.25) is 0 Å². The van der Waals surface area contributed by atoms with Crippen molar-refractivity contribution in [3.05, 3.63) is 0 Å². The van der Waals surface area contributed by atoms with Gasteiger partial charge in [0.1, 0.15) is 5.37 Å². The van der Waals surface area contributed by atoms with Crippen molar-refractivity contribution in [1.29, 1.82) is 0 Å². The Bertz CT molecular complexity index is 352. The van der Waals surface area contributed by atoms with Crippen molar-refractivity contribution in [2.75, 3.05) is 30.3 Å². The first-order valence-electron chi connectivity index (χ1n) is 5.82. The minimum Gasteiger partial charge on any atom is -0.329 e. The number of hydrogen-bond acceptors (Lipinski definition) is 5. The Morgan fingerprint density at radius 1 is 1.50 bits per heavy atom. The van der Waals surface area contributed by atoms with Crippen LogP contribution in [0.5, 0.6) is 0 Å². The molecule has 0 amide bonds. The Kier molecular flexibility index (Phi) is 3.55. The van der Waals surface area contributed by atoms with Gasteiger partial charge in [-0.1, -0.05) is 6.92 Å². The molecule has 1 saturated heterocycles. The molecule has 0 aromatic rings. The highest BCUT2D eigenvalue weighted by molar-refractivity contribution is 8.01. The second kappa shape index (κ2) is 4.48. The van der Waals surface area contributed by atoms with E-state index in [1.165, 1.54) is 0 Å². The third-order valence-electron chi connectivity index (χ3n) is 3.72. The molecule has 94 valence electrons. The van der Waals surface area contributed by atoms with E-state index >= 15 is 0 Å². The molecule has 2 rings (SSSR count). The van der Waals surface area contributed by atoms with Crippen LogP contribution in [0.2, 0.25) is 0 Å². The van der Waals surface area contributed by atoms with Crippen LogP contribution >= 0.6 is 11.8 Å². The van der Waals surface area contributed by atoms with E-state index in [4.69, 9.17) is 5.73 Å². The summed E-state index contributed by atoms with van der Waals surface area (Å²) in [4.78, 5) is 2.17. The van der Waals surface area contributed by atoms with Crippen molar-refractivity contribution >= 4 is 21.6 Å². The number of nitrogens with zero attached hydrogens (tertiary/aromatic N) is 1. The zero-order chi connectivity index (χ0) is 11.8. The molecular weight excluding hydrogens is 244 g/mol. The summed E-state index contributed by atoms with van der Waals surface area (Å²) in [7, 11) is -2.97. The summed E-state index contributed by atoms with van der Waals surface area (Å²) in [5, 5.41) is -0.303. The van der Waals surface area contributed by atoms with Crippen LogP contribution in [0.1, 0.15) is 19.8 Å². The standard InChI is InChI=1S/C10H20N2O2S2/c1-2-16(13,14)9-7-15-6-5-12(9)10(8-11)3-4-10/h9H,2-8,11H2,1H3. The van der Waals surface area contributed by atoms with Gasteiger partial charge in [-0.25, -0.2) is 8.42 Å². The Balaban J connectivity index is 2.21. The van der Waals surface area contributed by atoms with E-state index in [1.54, 1.807) is 18.7 Å². The van der Waals surface area contributed by atoms with Crippen LogP contribution < -0.4 is 5.73 Å². The fourth-order valence-electron chi connectivity index (χ4n) is 2.37. The molecule has 1 heterocycles. The van der Waals surface area contributed by atoms with Crippen molar-refractivity contribution in [3.63, 3.8) is 0 Å². The zero-order valence-corrected chi connectivity index (χ0v) is 11.3. The fourth-order valence-corrected chi connectivity index (χ4v) is 5.46. The molecule has 0 bridgehead atoms. The average Bonchev–Trinajstić information content (AvgIpc) is 3.10. The Labute approximate surface area is 102 Å². The lowest BCUT2D eigenvalue weighted by Gasteiger charge is -2.40. The average molecular weight is 264 g/mol. The molecule has 16 heavy (non-hydrogen) atoms. The first-order valence-corrected chi connectivity index (χ1v) is 8.69. The molecule has 2 fully saturated rings. The molecule has 1 aliphatic heterocycles. The smallest absolute Gasteiger partial charge is 0.166 e. The lowest BCUT2D eigenvalue weighted by Crippen LogP contribution is -2.56. The second-order valence-electron chi connectivity index (χ2n) is 4.60. The van der Waals surface area contributed by atoms with Gasteiger partial charge in [-0.15, -0.1) is 0 Å². The van der Waals surface area contributed by atoms with Crippen molar-refractivity contribution < 1.29 is 8.42 Å². The van der Waals surface area contributed by atoms with Gasteiger partial charge < -0.3 is 5.73 Å². The Morgan fingerprint density at radius 3 is 2.69 bits per heavy atom. The Morgan fingerprint density at radius 2 is 2.19 bits per heavy atom. The first kappa shape index (κ1) is 12.7. The number of nitrogens with two attached hydrogens (primary N) is 1. The van der Waals surface area contributed by atoms with Crippen LogP contribution in [-0.4, -0.2) is 54.6 Å². The normalized spacial score (nSPS) is 30.2. The predicted octanol–water partition coefficient (Wildman–Crippen LogP) is 0.287. The molecule has 6 heteroatoms. The highest BCUT2D eigenvalue weighted by Gasteiger charge is 2.52. The highest BCUT2D eigenvalue weighted by atomic mass is 32.2. The summed E-state index contributed by atoms with van der Waals surface area (Å²) in [6.45, 7) is 3.19. The van der Waals surface area contributed by atoms with E-state index < -0.39 is 9.84 Å². The minimum absolute atomic E-state index is 0.00782. The molecule has 4 nitrogen and oxygen atoms in total. The van der Waals surface area contributed by atoms with Crippen LogP contribution in [-0.2, 0) is 9.84 Å². The maximum atomic E-state index is 12.1. The van der Waals surface area contributed by atoms with Gasteiger partial charge in [-0.05, 0) is 12.8 Å². The molecule has 2 N–H and O–H groups in total. The maximum Gasteiger partial charge on any atom is 0.166 e. The summed E-state index contributed by atoms with van der Waals surface area (Å²) < 4.78 is 24.1. The molecule has 1 saturated carbocycles. The highest BCUT2D eigenvalue weighted by Crippen LogP contribution is 2.44. The van der Waals surface area contributed by atoms with E-state index in [-0.39, 0.29) is 16.7 Å². The molecule has 1 atom stereocenters. The van der Waals surface area contributed by atoms with Crippen LogP contribution in [0.4, 0.5) is 0 Å². The summed E-state index contributed by atoms with van der Waals surface area (Å²) in [6.07, 6.45) is 2.12. The van der Waals surface area contributed by atoms with Crippen molar-refractivity contribution in [1.82, 2.24) is 4.90 Å². The van der Waals surface area contributed by atoms with E-state index in [0.29, 0.717) is 12.3 Å². The van der Waals surface area contributed by atoms with E-state index in [0.717, 1.165) is 25.1 Å². The van der Waals surface area contributed by atoms with Crippen LogP contribution in [0, 0.1) is 0 Å². The number of rotatable bonds is 4. The van der Waals surface area contributed by atoms with Gasteiger partial charge in [0.05, 0.1) is 0 Å². The third-order valence-corrected chi connectivity index (χ3v) is 7.01. The van der Waals surface area contributed by atoms with Gasteiger partial charge in [0.25, 0.3) is 0 Å². The predicted molar refractivity (Wildman–Crippen MR) is 68.3 cm³/mol. The van der Waals surface area contributed by atoms with Gasteiger partial charge in [0.15, 0.2) is 9.84 Å². The van der Waals surface area contributed by atoms with Gasteiger partial charge in [-0.3, -0.25) is 4.90 Å². The SMILES string of the molecule is CCS(=O)(=O)C1CSCCN1C1(CN)CC1. The van der Waals surface area contributed by atoms with Crippen LogP contribution in [0.3, 0.4) is 0 Å². The third kappa shape index (κ3) is 2.12. The minimum atomic E-state index is -2.97. The van der Waals surface area contributed by atoms with E-state index in [9.17, 15) is 8.42 Å². The fraction of sp³-hybridized carbons (Fsp3) is 1.00. The molecule has 1 unspecified atom stereocenters. The summed E-state index contributed by atoms with van der Waals surface area (Å²) >= 11 is 1.74. The zero-order valence-electron chi connectivity index (χ0n) is 9.68. The van der Waals surface area contributed by atoms with Crippen molar-refractivity contribution in [3.8, 4) is 0 Å². The molecule has 0 spiro atoms. The quantitative estimate of drug-likeness (QED) is 0.790. The molecule has 0 radical (unpaired) electrons. The van der Waals surface area contributed by atoms with Crippen LogP contribution in [0.25, 0.3) is 0 Å². The molecule has 1 aliphatic carbocycles.